The van der Waals surface area contributed by atoms with E-state index in [1.807, 2.05) is 9.95 Å². The first kappa shape index (κ1) is 10.9. The zero-order valence-corrected chi connectivity index (χ0v) is 10.1. The fourth-order valence-electron chi connectivity index (χ4n) is 1.80. The van der Waals surface area contributed by atoms with Gasteiger partial charge in [-0.3, -0.25) is 0 Å². The van der Waals surface area contributed by atoms with Crippen LogP contribution in [0.5, 0.6) is 0 Å². The van der Waals surface area contributed by atoms with Gasteiger partial charge in [-0.2, -0.15) is 0 Å². The van der Waals surface area contributed by atoms with E-state index in [1.165, 1.54) is 0 Å². The van der Waals surface area contributed by atoms with Crippen molar-refractivity contribution in [2.45, 2.75) is 6.54 Å². The van der Waals surface area contributed by atoms with Crippen LogP contribution >= 0.6 is 11.3 Å². The zero-order valence-electron chi connectivity index (χ0n) is 9.28. The number of hydrogen-bond acceptors (Lipinski definition) is 4. The molecule has 2 heterocycles. The van der Waals surface area contributed by atoms with E-state index in [-0.39, 0.29) is 5.56 Å². The molecule has 0 saturated carbocycles. The number of hydrogen-bond donors (Lipinski definition) is 1. The van der Waals surface area contributed by atoms with Crippen molar-refractivity contribution in [1.82, 2.24) is 14.5 Å². The monoisotopic (exact) mass is 259 g/mol. The minimum atomic E-state index is -0.939. The lowest BCUT2D eigenvalue weighted by atomic mass is 10.2. The standard InChI is InChI=1S/C12H9N3O2S/c16-12(17)8-1-2-10-9(5-8)14-7-15(10)6-11-13-3-4-18-11/h1-5,7H,6H2,(H,16,17). The van der Waals surface area contributed by atoms with E-state index < -0.39 is 5.97 Å². The van der Waals surface area contributed by atoms with Crippen LogP contribution < -0.4 is 0 Å². The van der Waals surface area contributed by atoms with Crippen LogP contribution in [0, 0.1) is 0 Å². The molecule has 0 saturated heterocycles. The van der Waals surface area contributed by atoms with Crippen molar-refractivity contribution in [2.75, 3.05) is 0 Å². The summed E-state index contributed by atoms with van der Waals surface area (Å²) in [4.78, 5) is 19.3. The Hall–Kier alpha value is -2.21. The van der Waals surface area contributed by atoms with Crippen LogP contribution in [0.15, 0.2) is 36.1 Å². The molecule has 18 heavy (non-hydrogen) atoms. The molecule has 0 amide bonds. The van der Waals surface area contributed by atoms with Crippen LogP contribution in [0.2, 0.25) is 0 Å². The normalized spacial score (nSPS) is 10.9. The number of carbonyl (C=O) groups is 1. The number of rotatable bonds is 3. The van der Waals surface area contributed by atoms with Gasteiger partial charge in [-0.05, 0) is 18.2 Å². The number of aromatic nitrogens is 3. The Bertz CT molecular complexity index is 703. The third-order valence-corrected chi connectivity index (χ3v) is 3.42. The van der Waals surface area contributed by atoms with Gasteiger partial charge in [0.05, 0.1) is 29.5 Å². The fraction of sp³-hybridized carbons (Fsp3) is 0.0833. The van der Waals surface area contributed by atoms with Gasteiger partial charge in [-0.25, -0.2) is 14.8 Å². The number of carboxylic acids is 1. The number of thiazole rings is 1. The lowest BCUT2D eigenvalue weighted by Crippen LogP contribution is -1.98. The molecule has 0 bridgehead atoms. The molecule has 0 atom stereocenters. The molecule has 0 spiro atoms. The second-order valence-corrected chi connectivity index (χ2v) is 4.79. The average Bonchev–Trinajstić information content (AvgIpc) is 2.99. The number of imidazole rings is 1. The Kier molecular flexibility index (Phi) is 2.56. The number of aromatic carboxylic acids is 1. The fourth-order valence-corrected chi connectivity index (χ4v) is 2.41. The van der Waals surface area contributed by atoms with Crippen molar-refractivity contribution >= 4 is 28.3 Å². The largest absolute Gasteiger partial charge is 0.478 e. The summed E-state index contributed by atoms with van der Waals surface area (Å²) in [5.74, 6) is -0.939. The van der Waals surface area contributed by atoms with Crippen LogP contribution in [-0.2, 0) is 6.54 Å². The lowest BCUT2D eigenvalue weighted by molar-refractivity contribution is 0.0697. The van der Waals surface area contributed by atoms with Gasteiger partial charge < -0.3 is 9.67 Å². The van der Waals surface area contributed by atoms with Crippen molar-refractivity contribution < 1.29 is 9.90 Å². The predicted octanol–water partition coefficient (Wildman–Crippen LogP) is 2.24. The number of nitrogens with zero attached hydrogens (tertiary/aromatic N) is 3. The second kappa shape index (κ2) is 4.23. The maximum atomic E-state index is 10.9. The molecule has 0 fully saturated rings. The Labute approximate surface area is 106 Å². The summed E-state index contributed by atoms with van der Waals surface area (Å²) in [6, 6.07) is 4.94. The molecule has 0 radical (unpaired) electrons. The quantitative estimate of drug-likeness (QED) is 0.783. The maximum Gasteiger partial charge on any atom is 0.335 e. The van der Waals surface area contributed by atoms with Crippen LogP contribution in [0.1, 0.15) is 15.4 Å². The summed E-state index contributed by atoms with van der Waals surface area (Å²) in [5.41, 5.74) is 1.85. The zero-order chi connectivity index (χ0) is 12.5. The first-order valence-electron chi connectivity index (χ1n) is 5.30. The van der Waals surface area contributed by atoms with E-state index >= 15 is 0 Å². The summed E-state index contributed by atoms with van der Waals surface area (Å²) in [6.45, 7) is 0.653. The van der Waals surface area contributed by atoms with Crippen molar-refractivity contribution in [1.29, 1.82) is 0 Å². The van der Waals surface area contributed by atoms with Crippen molar-refractivity contribution in [3.63, 3.8) is 0 Å². The highest BCUT2D eigenvalue weighted by Gasteiger charge is 2.08. The van der Waals surface area contributed by atoms with E-state index in [1.54, 1.807) is 42.1 Å². The Morgan fingerprint density at radius 1 is 1.39 bits per heavy atom. The SMILES string of the molecule is O=C(O)c1ccc2c(c1)ncn2Cc1nccs1. The van der Waals surface area contributed by atoms with Crippen molar-refractivity contribution in [2.24, 2.45) is 0 Å². The summed E-state index contributed by atoms with van der Waals surface area (Å²) in [7, 11) is 0. The Morgan fingerprint density at radius 2 is 2.28 bits per heavy atom. The molecule has 0 unspecified atom stereocenters. The molecule has 1 aromatic carbocycles. The summed E-state index contributed by atoms with van der Waals surface area (Å²) in [5, 5.41) is 11.8. The van der Waals surface area contributed by atoms with Gasteiger partial charge in [0.15, 0.2) is 0 Å². The second-order valence-electron chi connectivity index (χ2n) is 3.81. The highest BCUT2D eigenvalue weighted by molar-refractivity contribution is 7.09. The topological polar surface area (TPSA) is 68.0 Å². The van der Waals surface area contributed by atoms with Gasteiger partial charge in [-0.15, -0.1) is 11.3 Å². The van der Waals surface area contributed by atoms with E-state index in [9.17, 15) is 4.79 Å². The van der Waals surface area contributed by atoms with Gasteiger partial charge in [-0.1, -0.05) is 0 Å². The van der Waals surface area contributed by atoms with Crippen molar-refractivity contribution in [3.05, 3.63) is 46.7 Å². The third kappa shape index (κ3) is 1.86. The van der Waals surface area contributed by atoms with E-state index in [0.717, 1.165) is 10.5 Å². The molecule has 0 aliphatic heterocycles. The molecule has 0 aliphatic carbocycles. The first-order chi connectivity index (χ1) is 8.74. The molecule has 3 rings (SSSR count). The molecule has 3 aromatic rings. The molecule has 1 N–H and O–H groups in total. The van der Waals surface area contributed by atoms with Crippen LogP contribution in [-0.4, -0.2) is 25.6 Å². The van der Waals surface area contributed by atoms with E-state index in [4.69, 9.17) is 5.11 Å². The van der Waals surface area contributed by atoms with E-state index in [2.05, 4.69) is 9.97 Å². The molecule has 90 valence electrons. The molecular formula is C12H9N3O2S. The summed E-state index contributed by atoms with van der Waals surface area (Å²) < 4.78 is 1.96. The van der Waals surface area contributed by atoms with Gasteiger partial charge in [0.2, 0.25) is 0 Å². The average molecular weight is 259 g/mol. The van der Waals surface area contributed by atoms with Gasteiger partial charge in [0, 0.05) is 11.6 Å². The Morgan fingerprint density at radius 3 is 3.00 bits per heavy atom. The van der Waals surface area contributed by atoms with Crippen molar-refractivity contribution in [3.8, 4) is 0 Å². The summed E-state index contributed by atoms with van der Waals surface area (Å²) >= 11 is 1.58. The molecule has 5 nitrogen and oxygen atoms in total. The molecule has 0 aliphatic rings. The lowest BCUT2D eigenvalue weighted by Gasteiger charge is -2.01. The van der Waals surface area contributed by atoms with E-state index in [0.29, 0.717) is 12.1 Å². The molecule has 2 aromatic heterocycles. The van der Waals surface area contributed by atoms with Gasteiger partial charge >= 0.3 is 5.97 Å². The van der Waals surface area contributed by atoms with Crippen LogP contribution in [0.4, 0.5) is 0 Å². The Balaban J connectivity index is 2.02. The smallest absolute Gasteiger partial charge is 0.335 e. The first-order valence-corrected chi connectivity index (χ1v) is 6.18. The number of benzene rings is 1. The third-order valence-electron chi connectivity index (χ3n) is 2.66. The molecule has 6 heteroatoms. The number of carboxylic acid groups (broad SMARTS) is 1. The van der Waals surface area contributed by atoms with Gasteiger partial charge in [0.1, 0.15) is 5.01 Å². The number of fused-ring (bicyclic) bond motifs is 1. The summed E-state index contributed by atoms with van der Waals surface area (Å²) in [6.07, 6.45) is 3.47. The highest BCUT2D eigenvalue weighted by Crippen LogP contribution is 2.17. The highest BCUT2D eigenvalue weighted by atomic mass is 32.1. The molecular weight excluding hydrogens is 250 g/mol. The minimum Gasteiger partial charge on any atom is -0.478 e. The maximum absolute atomic E-state index is 10.9. The van der Waals surface area contributed by atoms with Crippen LogP contribution in [0.3, 0.4) is 0 Å². The van der Waals surface area contributed by atoms with Crippen LogP contribution in [0.25, 0.3) is 11.0 Å². The predicted molar refractivity (Wildman–Crippen MR) is 67.9 cm³/mol. The van der Waals surface area contributed by atoms with Gasteiger partial charge in [0.25, 0.3) is 0 Å². The minimum absolute atomic E-state index is 0.252.